The van der Waals surface area contributed by atoms with Gasteiger partial charge in [-0.2, -0.15) is 0 Å². The maximum Gasteiger partial charge on any atom is 0.0686 e. The van der Waals surface area contributed by atoms with E-state index in [1.54, 1.807) is 0 Å². The first-order valence-electron chi connectivity index (χ1n) is 6.36. The lowest BCUT2D eigenvalue weighted by molar-refractivity contribution is 0.429. The Morgan fingerprint density at radius 1 is 1.31 bits per heavy atom. The van der Waals surface area contributed by atoms with Gasteiger partial charge >= 0.3 is 0 Å². The SMILES string of the molecule is CCNC.CCNC(CC)C1CC=CC=N1. The standard InChI is InChI=1S/C10H18N2.C3H9N/c1-3-9(11-4-2)10-7-5-6-8-12-10;1-3-4-2/h5-6,8-11H,3-4,7H2,1-2H3;4H,3H2,1-2H3. The van der Waals surface area contributed by atoms with Crippen LogP contribution >= 0.6 is 0 Å². The van der Waals surface area contributed by atoms with Crippen molar-refractivity contribution in [1.82, 2.24) is 10.6 Å². The van der Waals surface area contributed by atoms with Crippen LogP contribution in [0.15, 0.2) is 17.1 Å². The molecule has 1 aliphatic rings. The first-order chi connectivity index (χ1) is 7.79. The van der Waals surface area contributed by atoms with Crippen LogP contribution in [-0.4, -0.2) is 38.4 Å². The van der Waals surface area contributed by atoms with Crippen LogP contribution in [0.1, 0.15) is 33.6 Å². The van der Waals surface area contributed by atoms with E-state index in [2.05, 4.69) is 42.5 Å². The number of likely N-dealkylation sites (N-methyl/N-ethyl adjacent to an activating group) is 1. The van der Waals surface area contributed by atoms with Crippen LogP contribution in [0, 0.1) is 0 Å². The largest absolute Gasteiger partial charge is 0.320 e. The number of hydrogen-bond acceptors (Lipinski definition) is 3. The first kappa shape index (κ1) is 15.3. The predicted molar refractivity (Wildman–Crippen MR) is 73.4 cm³/mol. The molecule has 0 bridgehead atoms. The third kappa shape index (κ3) is 6.75. The van der Waals surface area contributed by atoms with Crippen molar-refractivity contribution in [2.45, 2.75) is 45.7 Å². The van der Waals surface area contributed by atoms with Crippen molar-refractivity contribution >= 4 is 6.21 Å². The second-order valence-electron chi connectivity index (χ2n) is 3.81. The molecular formula is C13H27N3. The Balaban J connectivity index is 0.000000487. The van der Waals surface area contributed by atoms with Crippen molar-refractivity contribution in [1.29, 1.82) is 0 Å². The van der Waals surface area contributed by atoms with E-state index in [1.165, 1.54) is 0 Å². The molecule has 0 fully saturated rings. The molecule has 0 amide bonds. The maximum atomic E-state index is 4.44. The average Bonchev–Trinajstić information content (AvgIpc) is 2.37. The summed E-state index contributed by atoms with van der Waals surface area (Å²) in [6.07, 6.45) is 8.37. The van der Waals surface area contributed by atoms with Crippen molar-refractivity contribution in [2.75, 3.05) is 20.1 Å². The van der Waals surface area contributed by atoms with Crippen LogP contribution in [0.5, 0.6) is 0 Å². The zero-order chi connectivity index (χ0) is 12.2. The van der Waals surface area contributed by atoms with E-state index in [9.17, 15) is 0 Å². The summed E-state index contributed by atoms with van der Waals surface area (Å²) < 4.78 is 0. The lowest BCUT2D eigenvalue weighted by atomic mass is 10.0. The van der Waals surface area contributed by atoms with E-state index < -0.39 is 0 Å². The Labute approximate surface area is 100 Å². The fraction of sp³-hybridized carbons (Fsp3) is 0.769. The van der Waals surface area contributed by atoms with Crippen molar-refractivity contribution in [3.63, 3.8) is 0 Å². The van der Waals surface area contributed by atoms with Crippen LogP contribution in [0.3, 0.4) is 0 Å². The number of nitrogens with one attached hydrogen (secondary N) is 2. The van der Waals surface area contributed by atoms with Crippen molar-refractivity contribution in [2.24, 2.45) is 4.99 Å². The Kier molecular flexibility index (Phi) is 10.4. The summed E-state index contributed by atoms with van der Waals surface area (Å²) in [7, 11) is 1.93. The van der Waals surface area contributed by atoms with Gasteiger partial charge in [0.1, 0.15) is 0 Å². The number of dihydropyridines is 1. The third-order valence-corrected chi connectivity index (χ3v) is 2.60. The zero-order valence-corrected chi connectivity index (χ0v) is 11.2. The molecule has 3 heteroatoms. The van der Waals surface area contributed by atoms with Gasteiger partial charge < -0.3 is 10.6 Å². The van der Waals surface area contributed by atoms with E-state index in [0.717, 1.165) is 25.9 Å². The summed E-state index contributed by atoms with van der Waals surface area (Å²) in [5.41, 5.74) is 0. The molecule has 0 aromatic rings. The highest BCUT2D eigenvalue weighted by Gasteiger charge is 2.16. The van der Waals surface area contributed by atoms with E-state index in [4.69, 9.17) is 0 Å². The molecule has 2 N–H and O–H groups in total. The van der Waals surface area contributed by atoms with Gasteiger partial charge in [-0.3, -0.25) is 4.99 Å². The monoisotopic (exact) mass is 225 g/mol. The second-order valence-corrected chi connectivity index (χ2v) is 3.81. The van der Waals surface area contributed by atoms with Gasteiger partial charge in [0.2, 0.25) is 0 Å². The van der Waals surface area contributed by atoms with Crippen molar-refractivity contribution < 1.29 is 0 Å². The van der Waals surface area contributed by atoms with Gasteiger partial charge in [0.15, 0.2) is 0 Å². The number of hydrogen-bond donors (Lipinski definition) is 2. The van der Waals surface area contributed by atoms with Crippen molar-refractivity contribution in [3.05, 3.63) is 12.2 Å². The number of rotatable bonds is 5. The summed E-state index contributed by atoms with van der Waals surface area (Å²) in [4.78, 5) is 4.44. The second kappa shape index (κ2) is 10.8. The zero-order valence-electron chi connectivity index (χ0n) is 11.2. The molecule has 16 heavy (non-hydrogen) atoms. The van der Waals surface area contributed by atoms with Crippen molar-refractivity contribution in [3.8, 4) is 0 Å². The van der Waals surface area contributed by atoms with Crippen LogP contribution in [0.4, 0.5) is 0 Å². The molecule has 94 valence electrons. The molecule has 0 spiro atoms. The third-order valence-electron chi connectivity index (χ3n) is 2.60. The van der Waals surface area contributed by atoms with Crippen LogP contribution in [0.2, 0.25) is 0 Å². The Bertz CT molecular complexity index is 197. The summed E-state index contributed by atoms with van der Waals surface area (Å²) in [6, 6.07) is 1.01. The molecule has 1 aliphatic heterocycles. The van der Waals surface area contributed by atoms with Gasteiger partial charge in [0.05, 0.1) is 6.04 Å². The molecule has 1 rings (SSSR count). The minimum atomic E-state index is 0.458. The molecule has 2 atom stereocenters. The highest BCUT2D eigenvalue weighted by atomic mass is 15.0. The molecule has 0 aromatic heterocycles. The first-order valence-corrected chi connectivity index (χ1v) is 6.36. The van der Waals surface area contributed by atoms with Gasteiger partial charge in [-0.15, -0.1) is 0 Å². The summed E-state index contributed by atoms with van der Waals surface area (Å²) >= 11 is 0. The molecule has 3 nitrogen and oxygen atoms in total. The number of nitrogens with zero attached hydrogens (tertiary/aromatic N) is 1. The van der Waals surface area contributed by atoms with E-state index in [1.807, 2.05) is 19.3 Å². The normalized spacial score (nSPS) is 20.1. The maximum absolute atomic E-state index is 4.44. The van der Waals surface area contributed by atoms with E-state index in [-0.39, 0.29) is 0 Å². The molecule has 0 saturated carbocycles. The number of allylic oxidation sites excluding steroid dienone is 1. The fourth-order valence-electron chi connectivity index (χ4n) is 1.58. The van der Waals surface area contributed by atoms with Crippen LogP contribution < -0.4 is 10.6 Å². The summed E-state index contributed by atoms with van der Waals surface area (Å²) in [5.74, 6) is 0. The van der Waals surface area contributed by atoms with E-state index >= 15 is 0 Å². The fourth-order valence-corrected chi connectivity index (χ4v) is 1.58. The molecule has 2 unspecified atom stereocenters. The molecule has 1 heterocycles. The number of aliphatic imine (C=N–C) groups is 1. The summed E-state index contributed by atoms with van der Waals surface area (Å²) in [5, 5.41) is 6.38. The highest BCUT2D eigenvalue weighted by Crippen LogP contribution is 2.10. The highest BCUT2D eigenvalue weighted by molar-refractivity contribution is 5.72. The minimum absolute atomic E-state index is 0.458. The lowest BCUT2D eigenvalue weighted by Crippen LogP contribution is -2.38. The quantitative estimate of drug-likeness (QED) is 0.751. The van der Waals surface area contributed by atoms with Crippen LogP contribution in [0.25, 0.3) is 0 Å². The average molecular weight is 225 g/mol. The van der Waals surface area contributed by atoms with Crippen LogP contribution in [-0.2, 0) is 0 Å². The molecule has 0 aliphatic carbocycles. The molecule has 0 radical (unpaired) electrons. The predicted octanol–water partition coefficient (Wildman–Crippen LogP) is 2.00. The Hall–Kier alpha value is -0.670. The smallest absolute Gasteiger partial charge is 0.0686 e. The Morgan fingerprint density at radius 3 is 2.38 bits per heavy atom. The molecular weight excluding hydrogens is 198 g/mol. The topological polar surface area (TPSA) is 36.4 Å². The van der Waals surface area contributed by atoms with Gasteiger partial charge in [0, 0.05) is 12.3 Å². The van der Waals surface area contributed by atoms with Gasteiger partial charge in [-0.25, -0.2) is 0 Å². The van der Waals surface area contributed by atoms with Gasteiger partial charge in [-0.1, -0.05) is 26.8 Å². The minimum Gasteiger partial charge on any atom is -0.320 e. The van der Waals surface area contributed by atoms with Gasteiger partial charge in [-0.05, 0) is 39.1 Å². The van der Waals surface area contributed by atoms with Gasteiger partial charge in [0.25, 0.3) is 0 Å². The lowest BCUT2D eigenvalue weighted by Gasteiger charge is -2.23. The summed E-state index contributed by atoms with van der Waals surface area (Å²) in [6.45, 7) is 8.53. The molecule has 0 aromatic carbocycles. The molecule has 0 saturated heterocycles. The van der Waals surface area contributed by atoms with E-state index in [0.29, 0.717) is 12.1 Å². The Morgan fingerprint density at radius 2 is 2.00 bits per heavy atom.